The maximum absolute atomic E-state index is 9.21. The molecule has 1 atom stereocenters. The molecule has 0 radical (unpaired) electrons. The first-order valence-electron chi connectivity index (χ1n) is 7.92. The lowest BCUT2D eigenvalue weighted by Gasteiger charge is -2.19. The van der Waals surface area contributed by atoms with Crippen molar-refractivity contribution in [2.24, 2.45) is 0 Å². The number of rotatable bonds is 2. The monoisotopic (exact) mass is 313 g/mol. The van der Waals surface area contributed by atoms with Crippen molar-refractivity contribution in [3.05, 3.63) is 54.5 Å². The molecule has 0 bridgehead atoms. The van der Waals surface area contributed by atoms with E-state index in [4.69, 9.17) is 5.26 Å². The number of aromatic nitrogens is 2. The van der Waals surface area contributed by atoms with Gasteiger partial charge < -0.3 is 4.57 Å². The van der Waals surface area contributed by atoms with E-state index >= 15 is 0 Å². The van der Waals surface area contributed by atoms with Gasteiger partial charge in [0.1, 0.15) is 6.17 Å². The van der Waals surface area contributed by atoms with E-state index in [1.54, 1.807) is 11.2 Å². The molecule has 0 amide bonds. The zero-order valence-electron chi connectivity index (χ0n) is 13.1. The Morgan fingerprint density at radius 3 is 2.79 bits per heavy atom. The minimum absolute atomic E-state index is 0.0712. The number of nitriles is 2. The zero-order valence-corrected chi connectivity index (χ0v) is 13.1. The van der Waals surface area contributed by atoms with E-state index in [-0.39, 0.29) is 6.17 Å². The average molecular weight is 313 g/mol. The highest BCUT2D eigenvalue weighted by Gasteiger charge is 2.25. The number of nitrogens with zero attached hydrogens (tertiary/aromatic N) is 5. The van der Waals surface area contributed by atoms with Crippen molar-refractivity contribution in [2.75, 3.05) is 6.54 Å². The van der Waals surface area contributed by atoms with Gasteiger partial charge in [0.2, 0.25) is 0 Å². The molecule has 1 aliphatic heterocycles. The van der Waals surface area contributed by atoms with Crippen molar-refractivity contribution in [3.63, 3.8) is 0 Å². The molecule has 0 N–H and O–H groups in total. The SMILES string of the molecule is N#Cc1ccc2ccc(-c3cn([C@@H]4CCCN4C#N)cn3)cc2c1. The van der Waals surface area contributed by atoms with Crippen LogP contribution in [0.4, 0.5) is 0 Å². The van der Waals surface area contributed by atoms with Gasteiger partial charge in [-0.05, 0) is 41.8 Å². The van der Waals surface area contributed by atoms with Gasteiger partial charge in [0.15, 0.2) is 6.19 Å². The van der Waals surface area contributed by atoms with Gasteiger partial charge in [0.05, 0.1) is 23.7 Å². The standard InChI is InChI=1S/C19H15N5/c20-10-14-3-4-15-5-6-16(9-17(15)8-14)18-11-24(13-22-18)19-2-1-7-23(19)12-21/h3-6,8-9,11,13,19H,1-2,7H2/t19-/m1/s1. The Kier molecular flexibility index (Phi) is 3.40. The number of imidazole rings is 1. The Bertz CT molecular complexity index is 989. The van der Waals surface area contributed by atoms with Gasteiger partial charge >= 0.3 is 0 Å². The Labute approximate surface area is 140 Å². The van der Waals surface area contributed by atoms with Crippen LogP contribution in [0.1, 0.15) is 24.6 Å². The van der Waals surface area contributed by atoms with Crippen LogP contribution in [0.5, 0.6) is 0 Å². The second-order valence-corrected chi connectivity index (χ2v) is 6.01. The Morgan fingerprint density at radius 1 is 1.08 bits per heavy atom. The molecule has 1 fully saturated rings. The summed E-state index contributed by atoms with van der Waals surface area (Å²) in [5.74, 6) is 0. The summed E-state index contributed by atoms with van der Waals surface area (Å²) in [5.41, 5.74) is 2.54. The first-order chi connectivity index (χ1) is 11.8. The molecule has 2 heterocycles. The summed E-state index contributed by atoms with van der Waals surface area (Å²) in [5, 5.41) is 20.4. The van der Waals surface area contributed by atoms with Gasteiger partial charge in [-0.1, -0.05) is 18.2 Å². The highest BCUT2D eigenvalue weighted by atomic mass is 15.3. The van der Waals surface area contributed by atoms with Crippen LogP contribution in [0.3, 0.4) is 0 Å². The molecule has 0 spiro atoms. The third kappa shape index (κ3) is 2.37. The summed E-state index contributed by atoms with van der Waals surface area (Å²) in [6, 6.07) is 14.0. The van der Waals surface area contributed by atoms with Gasteiger partial charge in [-0.15, -0.1) is 0 Å². The molecule has 1 saturated heterocycles. The molecule has 2 aromatic carbocycles. The van der Waals surface area contributed by atoms with E-state index < -0.39 is 0 Å². The first-order valence-corrected chi connectivity index (χ1v) is 7.92. The maximum Gasteiger partial charge on any atom is 0.181 e. The number of benzene rings is 2. The van der Waals surface area contributed by atoms with Crippen molar-refractivity contribution in [1.29, 1.82) is 10.5 Å². The molecule has 3 aromatic rings. The number of hydrogen-bond donors (Lipinski definition) is 0. The molecule has 0 unspecified atom stereocenters. The van der Waals surface area contributed by atoms with Gasteiger partial charge in [0, 0.05) is 18.3 Å². The van der Waals surface area contributed by atoms with E-state index in [1.165, 1.54) is 0 Å². The van der Waals surface area contributed by atoms with E-state index in [0.717, 1.165) is 41.4 Å². The molecule has 116 valence electrons. The fraction of sp³-hybridized carbons (Fsp3) is 0.211. The van der Waals surface area contributed by atoms with Crippen LogP contribution in [0.25, 0.3) is 22.0 Å². The summed E-state index contributed by atoms with van der Waals surface area (Å²) in [6.45, 7) is 0.807. The van der Waals surface area contributed by atoms with E-state index in [1.807, 2.05) is 41.1 Å². The predicted octanol–water partition coefficient (Wildman–Crippen LogP) is 3.65. The van der Waals surface area contributed by atoms with Crippen LogP contribution < -0.4 is 0 Å². The first kappa shape index (κ1) is 14.3. The highest BCUT2D eigenvalue weighted by molar-refractivity contribution is 5.87. The van der Waals surface area contributed by atoms with E-state index in [0.29, 0.717) is 5.56 Å². The summed E-state index contributed by atoms with van der Waals surface area (Å²) >= 11 is 0. The molecule has 5 nitrogen and oxygen atoms in total. The van der Waals surface area contributed by atoms with E-state index in [9.17, 15) is 5.26 Å². The molecular formula is C19H15N5. The van der Waals surface area contributed by atoms with Crippen molar-refractivity contribution in [3.8, 4) is 23.5 Å². The number of likely N-dealkylation sites (tertiary alicyclic amines) is 1. The lowest BCUT2D eigenvalue weighted by molar-refractivity contribution is 0.281. The third-order valence-corrected chi connectivity index (χ3v) is 4.56. The molecule has 1 aliphatic rings. The molecular weight excluding hydrogens is 298 g/mol. The van der Waals surface area contributed by atoms with Gasteiger partial charge in [0.25, 0.3) is 0 Å². The van der Waals surface area contributed by atoms with E-state index in [2.05, 4.69) is 23.3 Å². The quantitative estimate of drug-likeness (QED) is 0.677. The van der Waals surface area contributed by atoms with Crippen LogP contribution in [-0.4, -0.2) is 21.0 Å². The normalized spacial score (nSPS) is 16.9. The zero-order chi connectivity index (χ0) is 16.5. The maximum atomic E-state index is 9.21. The fourth-order valence-corrected chi connectivity index (χ4v) is 3.30. The van der Waals surface area contributed by atoms with Crippen LogP contribution >= 0.6 is 0 Å². The molecule has 1 aromatic heterocycles. The van der Waals surface area contributed by atoms with Crippen LogP contribution in [0.15, 0.2) is 48.9 Å². The molecule has 5 heteroatoms. The lowest BCUT2D eigenvalue weighted by Crippen LogP contribution is -2.21. The summed E-state index contributed by atoms with van der Waals surface area (Å²) in [7, 11) is 0. The topological polar surface area (TPSA) is 68.6 Å². The minimum Gasteiger partial charge on any atom is -0.315 e. The highest BCUT2D eigenvalue weighted by Crippen LogP contribution is 2.29. The van der Waals surface area contributed by atoms with Crippen LogP contribution in [0.2, 0.25) is 0 Å². The van der Waals surface area contributed by atoms with Gasteiger partial charge in [-0.3, -0.25) is 4.90 Å². The third-order valence-electron chi connectivity index (χ3n) is 4.56. The summed E-state index contributed by atoms with van der Waals surface area (Å²) in [6.07, 6.45) is 8.11. The Morgan fingerprint density at radius 2 is 1.96 bits per heavy atom. The summed E-state index contributed by atoms with van der Waals surface area (Å²) < 4.78 is 2.02. The molecule has 0 saturated carbocycles. The van der Waals surface area contributed by atoms with Crippen molar-refractivity contribution in [2.45, 2.75) is 19.0 Å². The predicted molar refractivity (Wildman–Crippen MR) is 90.5 cm³/mol. The number of fused-ring (bicyclic) bond motifs is 1. The Balaban J connectivity index is 1.70. The molecule has 24 heavy (non-hydrogen) atoms. The summed E-state index contributed by atoms with van der Waals surface area (Å²) in [4.78, 5) is 6.31. The van der Waals surface area contributed by atoms with Crippen LogP contribution in [0, 0.1) is 22.8 Å². The van der Waals surface area contributed by atoms with Crippen molar-refractivity contribution in [1.82, 2.24) is 14.5 Å². The van der Waals surface area contributed by atoms with Crippen molar-refractivity contribution >= 4 is 10.8 Å². The van der Waals surface area contributed by atoms with Crippen LogP contribution in [-0.2, 0) is 0 Å². The van der Waals surface area contributed by atoms with Crippen molar-refractivity contribution < 1.29 is 0 Å². The Hall–Kier alpha value is -3.31. The lowest BCUT2D eigenvalue weighted by atomic mass is 10.0. The largest absolute Gasteiger partial charge is 0.315 e. The smallest absolute Gasteiger partial charge is 0.181 e. The minimum atomic E-state index is 0.0712. The second-order valence-electron chi connectivity index (χ2n) is 6.01. The second kappa shape index (κ2) is 5.72. The van der Waals surface area contributed by atoms with Gasteiger partial charge in [-0.25, -0.2) is 4.98 Å². The molecule has 4 rings (SSSR count). The van der Waals surface area contributed by atoms with Gasteiger partial charge in [-0.2, -0.15) is 10.5 Å². The average Bonchev–Trinajstić information content (AvgIpc) is 3.29. The number of hydrogen-bond acceptors (Lipinski definition) is 4. The fourth-order valence-electron chi connectivity index (χ4n) is 3.30. The molecule has 0 aliphatic carbocycles.